The smallest absolute Gasteiger partial charge is 0.392 e. The highest BCUT2D eigenvalue weighted by Crippen LogP contribution is 2.51. The van der Waals surface area contributed by atoms with Gasteiger partial charge in [-0.05, 0) is 25.3 Å². The Morgan fingerprint density at radius 2 is 1.53 bits per heavy atom. The van der Waals surface area contributed by atoms with Crippen molar-refractivity contribution in [1.29, 1.82) is 0 Å². The zero-order chi connectivity index (χ0) is 14.5. The van der Waals surface area contributed by atoms with Crippen LogP contribution in [0.5, 0.6) is 0 Å². The second-order valence-electron chi connectivity index (χ2n) is 4.98. The van der Waals surface area contributed by atoms with Gasteiger partial charge in [0.15, 0.2) is 0 Å². The minimum absolute atomic E-state index is 0.480. The van der Waals surface area contributed by atoms with Gasteiger partial charge in [-0.25, -0.2) is 0 Å². The molecular formula is C13H13F5O. The number of rotatable bonds is 3. The summed E-state index contributed by atoms with van der Waals surface area (Å²) in [5, 5.41) is 9.63. The number of halogens is 5. The highest BCUT2D eigenvalue weighted by molar-refractivity contribution is 5.36. The molecular weight excluding hydrogens is 267 g/mol. The molecule has 6 heteroatoms. The molecule has 0 radical (unpaired) electrons. The zero-order valence-corrected chi connectivity index (χ0v) is 10.1. The molecule has 1 aliphatic carbocycles. The fourth-order valence-electron chi connectivity index (χ4n) is 2.26. The number of hydrogen-bond acceptors (Lipinski definition) is 1. The third kappa shape index (κ3) is 2.22. The first kappa shape index (κ1) is 14.2. The molecule has 0 heterocycles. The summed E-state index contributed by atoms with van der Waals surface area (Å²) < 4.78 is 62.8. The van der Waals surface area contributed by atoms with Gasteiger partial charge in [0.25, 0.3) is 0 Å². The Hall–Kier alpha value is -1.17. The summed E-state index contributed by atoms with van der Waals surface area (Å²) >= 11 is 0. The molecule has 0 aliphatic heterocycles. The average Bonchev–Trinajstić information content (AvgIpc) is 3.08. The molecule has 1 saturated carbocycles. The number of aliphatic hydroxyl groups is 1. The Balaban J connectivity index is 2.30. The van der Waals surface area contributed by atoms with Crippen molar-refractivity contribution in [3.8, 4) is 0 Å². The molecule has 1 nitrogen and oxygen atoms in total. The standard InChI is InChI=1S/C13H13F5O/c1-8(19)11(6-7-11)9-2-4-10(5-3-9)12(14,15)13(16,17)18/h2-5,8,19H,6-7H2,1H3. The van der Waals surface area contributed by atoms with E-state index in [1.807, 2.05) is 0 Å². The van der Waals surface area contributed by atoms with Gasteiger partial charge in [-0.1, -0.05) is 24.3 Å². The number of alkyl halides is 5. The van der Waals surface area contributed by atoms with Gasteiger partial charge in [0, 0.05) is 11.0 Å². The minimum Gasteiger partial charge on any atom is -0.392 e. The van der Waals surface area contributed by atoms with Crippen LogP contribution in [0.25, 0.3) is 0 Å². The number of benzene rings is 1. The van der Waals surface area contributed by atoms with E-state index in [1.54, 1.807) is 6.92 Å². The van der Waals surface area contributed by atoms with Crippen LogP contribution in [-0.4, -0.2) is 17.4 Å². The van der Waals surface area contributed by atoms with E-state index < -0.39 is 29.2 Å². The highest BCUT2D eigenvalue weighted by Gasteiger charge is 2.58. The SMILES string of the molecule is CC(O)C1(c2ccc(C(F)(F)C(F)(F)F)cc2)CC1. The molecule has 19 heavy (non-hydrogen) atoms. The molecule has 1 aromatic rings. The van der Waals surface area contributed by atoms with Gasteiger partial charge in [-0.3, -0.25) is 0 Å². The molecule has 1 atom stereocenters. The van der Waals surface area contributed by atoms with E-state index in [0.29, 0.717) is 18.4 Å². The van der Waals surface area contributed by atoms with Crippen LogP contribution in [0.1, 0.15) is 30.9 Å². The van der Waals surface area contributed by atoms with Crippen LogP contribution in [0.4, 0.5) is 22.0 Å². The number of aliphatic hydroxyl groups excluding tert-OH is 1. The Bertz CT molecular complexity index is 457. The summed E-state index contributed by atoms with van der Waals surface area (Å²) in [5.74, 6) is -4.85. The monoisotopic (exact) mass is 280 g/mol. The quantitative estimate of drug-likeness (QED) is 0.836. The first-order valence-corrected chi connectivity index (χ1v) is 5.85. The molecule has 1 aliphatic rings. The Morgan fingerprint density at radius 1 is 1.05 bits per heavy atom. The van der Waals surface area contributed by atoms with Crippen LogP contribution in [0.15, 0.2) is 24.3 Å². The maximum atomic E-state index is 13.1. The summed E-state index contributed by atoms with van der Waals surface area (Å²) in [6, 6.07) is 4.06. The largest absolute Gasteiger partial charge is 0.458 e. The zero-order valence-electron chi connectivity index (χ0n) is 10.1. The van der Waals surface area contributed by atoms with E-state index in [9.17, 15) is 27.1 Å². The molecule has 1 unspecified atom stereocenters. The third-order valence-corrected chi connectivity index (χ3v) is 3.77. The molecule has 0 saturated heterocycles. The van der Waals surface area contributed by atoms with Crippen LogP contribution < -0.4 is 0 Å². The lowest BCUT2D eigenvalue weighted by Crippen LogP contribution is -2.33. The van der Waals surface area contributed by atoms with Crippen molar-refractivity contribution in [3.63, 3.8) is 0 Å². The lowest BCUT2D eigenvalue weighted by Gasteiger charge is -2.22. The first-order chi connectivity index (χ1) is 8.61. The summed E-state index contributed by atoms with van der Waals surface area (Å²) in [7, 11) is 0. The average molecular weight is 280 g/mol. The summed E-state index contributed by atoms with van der Waals surface area (Å²) in [6.07, 6.45) is -4.84. The van der Waals surface area contributed by atoms with Crippen molar-refractivity contribution in [1.82, 2.24) is 0 Å². The van der Waals surface area contributed by atoms with E-state index >= 15 is 0 Å². The van der Waals surface area contributed by atoms with E-state index in [0.717, 1.165) is 12.1 Å². The second-order valence-corrected chi connectivity index (χ2v) is 4.98. The Kier molecular flexibility index (Phi) is 3.12. The molecule has 2 rings (SSSR count). The van der Waals surface area contributed by atoms with Crippen LogP contribution in [-0.2, 0) is 11.3 Å². The van der Waals surface area contributed by atoms with E-state index in [2.05, 4.69) is 0 Å². The lowest BCUT2D eigenvalue weighted by atomic mass is 9.89. The molecule has 106 valence electrons. The van der Waals surface area contributed by atoms with Crippen molar-refractivity contribution in [3.05, 3.63) is 35.4 Å². The van der Waals surface area contributed by atoms with E-state index in [1.165, 1.54) is 12.1 Å². The second kappa shape index (κ2) is 4.16. The van der Waals surface area contributed by atoms with Gasteiger partial charge in [-0.15, -0.1) is 0 Å². The van der Waals surface area contributed by atoms with Crippen LogP contribution in [0.2, 0.25) is 0 Å². The molecule has 0 spiro atoms. The summed E-state index contributed by atoms with van der Waals surface area (Å²) in [5.41, 5.74) is -0.958. The normalized spacial score (nSPS) is 20.2. The van der Waals surface area contributed by atoms with Crippen molar-refractivity contribution in [2.45, 2.75) is 43.4 Å². The molecule has 0 bridgehead atoms. The predicted molar refractivity (Wildman–Crippen MR) is 59.0 cm³/mol. The van der Waals surface area contributed by atoms with Crippen molar-refractivity contribution < 1.29 is 27.1 Å². The molecule has 1 fully saturated rings. The van der Waals surface area contributed by atoms with E-state index in [4.69, 9.17) is 0 Å². The van der Waals surface area contributed by atoms with Crippen LogP contribution in [0, 0.1) is 0 Å². The van der Waals surface area contributed by atoms with E-state index in [-0.39, 0.29) is 0 Å². The topological polar surface area (TPSA) is 20.2 Å². The van der Waals surface area contributed by atoms with Gasteiger partial charge >= 0.3 is 12.1 Å². The van der Waals surface area contributed by atoms with Crippen LogP contribution in [0.3, 0.4) is 0 Å². The Morgan fingerprint density at radius 3 is 1.84 bits per heavy atom. The number of hydrogen-bond donors (Lipinski definition) is 1. The molecule has 0 aromatic heterocycles. The first-order valence-electron chi connectivity index (χ1n) is 5.85. The predicted octanol–water partition coefficient (Wildman–Crippen LogP) is 3.75. The maximum Gasteiger partial charge on any atom is 0.458 e. The van der Waals surface area contributed by atoms with Gasteiger partial charge in [-0.2, -0.15) is 22.0 Å². The van der Waals surface area contributed by atoms with Gasteiger partial charge in [0.2, 0.25) is 0 Å². The fourth-order valence-corrected chi connectivity index (χ4v) is 2.26. The fraction of sp³-hybridized carbons (Fsp3) is 0.538. The van der Waals surface area contributed by atoms with Crippen molar-refractivity contribution in [2.24, 2.45) is 0 Å². The highest BCUT2D eigenvalue weighted by atomic mass is 19.4. The summed E-state index contributed by atoms with van der Waals surface area (Å²) in [4.78, 5) is 0. The Labute approximate surface area is 107 Å². The van der Waals surface area contributed by atoms with Crippen molar-refractivity contribution in [2.75, 3.05) is 0 Å². The lowest BCUT2D eigenvalue weighted by molar-refractivity contribution is -0.289. The molecule has 1 aromatic carbocycles. The summed E-state index contributed by atoms with van der Waals surface area (Å²) in [6.45, 7) is 1.59. The van der Waals surface area contributed by atoms with Gasteiger partial charge in [0.05, 0.1) is 6.10 Å². The van der Waals surface area contributed by atoms with Crippen LogP contribution >= 0.6 is 0 Å². The molecule has 0 amide bonds. The minimum atomic E-state index is -5.60. The van der Waals surface area contributed by atoms with Crippen molar-refractivity contribution >= 4 is 0 Å². The third-order valence-electron chi connectivity index (χ3n) is 3.77. The van der Waals surface area contributed by atoms with Gasteiger partial charge < -0.3 is 5.11 Å². The maximum absolute atomic E-state index is 13.1. The molecule has 1 N–H and O–H groups in total. The van der Waals surface area contributed by atoms with Gasteiger partial charge in [0.1, 0.15) is 0 Å².